The molecular weight excluding hydrogens is 933 g/mol. The minimum Gasteiger partial charge on any atom is -0.309 e. The van der Waals surface area contributed by atoms with E-state index in [0.29, 0.717) is 17.5 Å². The molecule has 7 heteroatoms. The maximum Gasteiger partial charge on any atom is 0.164 e. The van der Waals surface area contributed by atoms with Crippen LogP contribution >= 0.6 is 34.0 Å². The van der Waals surface area contributed by atoms with E-state index >= 15 is 0 Å². The first-order chi connectivity index (χ1) is 35.6. The highest BCUT2D eigenvalue weighted by Crippen LogP contribution is 2.45. The highest BCUT2D eigenvalue weighted by atomic mass is 32.1. The van der Waals surface area contributed by atoms with E-state index < -0.39 is 0 Å². The largest absolute Gasteiger partial charge is 0.309 e. The van der Waals surface area contributed by atoms with Crippen molar-refractivity contribution < 1.29 is 0 Å². The maximum absolute atomic E-state index is 5.52. The molecule has 0 atom stereocenters. The summed E-state index contributed by atoms with van der Waals surface area (Å²) in [5.41, 5.74) is 8.52. The van der Waals surface area contributed by atoms with Crippen molar-refractivity contribution in [2.24, 2.45) is 0 Å². The number of nitrogens with zero attached hydrogens (tertiary/aromatic N) is 4. The molecule has 4 nitrogen and oxygen atoms in total. The molecule has 0 aliphatic carbocycles. The third kappa shape index (κ3) is 6.05. The van der Waals surface area contributed by atoms with Crippen molar-refractivity contribution in [3.8, 4) is 51.0 Å². The lowest BCUT2D eigenvalue weighted by molar-refractivity contribution is 1.08. The molecule has 5 heterocycles. The first kappa shape index (κ1) is 40.2. The van der Waals surface area contributed by atoms with Crippen LogP contribution in [0.5, 0.6) is 0 Å². The second-order valence-corrected chi connectivity index (χ2v) is 21.9. The van der Waals surface area contributed by atoms with Crippen LogP contribution in [0.3, 0.4) is 0 Å². The Bertz CT molecular complexity index is 4730. The van der Waals surface area contributed by atoms with Gasteiger partial charge in [-0.05, 0) is 106 Å². The third-order valence-electron chi connectivity index (χ3n) is 14.6. The van der Waals surface area contributed by atoms with Crippen LogP contribution in [0.2, 0.25) is 0 Å². The quantitative estimate of drug-likeness (QED) is 0.173. The molecule has 5 aromatic heterocycles. The lowest BCUT2D eigenvalue weighted by Crippen LogP contribution is -2.02. The number of aromatic nitrogens is 4. The lowest BCUT2D eigenvalue weighted by atomic mass is 9.98. The Morgan fingerprint density at radius 3 is 1.31 bits per heavy atom. The van der Waals surface area contributed by atoms with Crippen LogP contribution < -0.4 is 0 Å². The summed E-state index contributed by atoms with van der Waals surface area (Å²) in [5, 5.41) is 14.6. The van der Waals surface area contributed by atoms with Crippen LogP contribution in [0.1, 0.15) is 0 Å². The molecule has 0 spiro atoms. The molecule has 0 aliphatic heterocycles. The Balaban J connectivity index is 0.999. The van der Waals surface area contributed by atoms with E-state index in [4.69, 9.17) is 15.0 Å². The first-order valence-electron chi connectivity index (χ1n) is 24.1. The second-order valence-electron chi connectivity index (χ2n) is 18.7. The molecule has 0 amide bonds. The summed E-state index contributed by atoms with van der Waals surface area (Å²) in [7, 11) is 0. The minimum absolute atomic E-state index is 0.623. The number of hydrogen-bond acceptors (Lipinski definition) is 6. The van der Waals surface area contributed by atoms with Gasteiger partial charge in [-0.2, -0.15) is 0 Å². The topological polar surface area (TPSA) is 43.6 Å². The molecular formula is C65H36N4S3. The molecule has 0 saturated carbocycles. The van der Waals surface area contributed by atoms with Crippen LogP contribution in [0.15, 0.2) is 218 Å². The normalized spacial score (nSPS) is 12.2. The van der Waals surface area contributed by atoms with Gasteiger partial charge in [-0.3, -0.25) is 0 Å². The van der Waals surface area contributed by atoms with Gasteiger partial charge < -0.3 is 4.57 Å². The average Bonchev–Trinajstić information content (AvgIpc) is 4.20. The Morgan fingerprint density at radius 1 is 0.278 bits per heavy atom. The highest BCUT2D eigenvalue weighted by molar-refractivity contribution is 7.26. The van der Waals surface area contributed by atoms with E-state index in [1.54, 1.807) is 0 Å². The van der Waals surface area contributed by atoms with Crippen LogP contribution in [0, 0.1) is 0 Å². The summed E-state index contributed by atoms with van der Waals surface area (Å²) in [6.45, 7) is 0. The summed E-state index contributed by atoms with van der Waals surface area (Å²) < 4.78 is 9.92. The van der Waals surface area contributed by atoms with Crippen molar-refractivity contribution >= 4 is 138 Å². The molecule has 72 heavy (non-hydrogen) atoms. The zero-order valence-electron chi connectivity index (χ0n) is 38.3. The Morgan fingerprint density at radius 2 is 0.722 bits per heavy atom. The Labute approximate surface area is 424 Å². The van der Waals surface area contributed by atoms with E-state index in [9.17, 15) is 0 Å². The van der Waals surface area contributed by atoms with Gasteiger partial charge in [-0.25, -0.2) is 15.0 Å². The standard InChI is InChI=1S/C65H36N4S3/c1-3-15-39-34-53-50(31-37(39)13-1)51-32-38-14-2-4-16-40(38)35-54(51)69(53)52-30-28-42(33-49(52)41-27-29-44-43-17-5-8-22-55(43)72-60(44)36-41)63-66-64(47-20-11-25-58-61(47)45-18-6-9-23-56(45)70-58)68-65(67-63)48-21-12-26-59-62(48)46-19-7-10-24-57(46)71-59/h1-36H. The monoisotopic (exact) mass is 968 g/mol. The van der Waals surface area contributed by atoms with Gasteiger partial charge in [0.2, 0.25) is 0 Å². The summed E-state index contributed by atoms with van der Waals surface area (Å²) in [6.07, 6.45) is 0. The SMILES string of the molecule is c1ccc2cc3c(cc2c1)c1cc2ccccc2cc1n3-c1ccc(-c2nc(-c3cccc4sc5ccccc5c34)nc(-c3cccc4sc5ccccc5c34)n2)cc1-c1ccc2c(c1)sc1ccccc12. The zero-order valence-corrected chi connectivity index (χ0v) is 40.7. The smallest absolute Gasteiger partial charge is 0.164 e. The molecule has 0 bridgehead atoms. The number of thiophene rings is 3. The third-order valence-corrected chi connectivity index (χ3v) is 18.0. The van der Waals surface area contributed by atoms with Crippen molar-refractivity contribution in [1.82, 2.24) is 19.5 Å². The van der Waals surface area contributed by atoms with Gasteiger partial charge in [-0.15, -0.1) is 34.0 Å². The molecule has 16 rings (SSSR count). The predicted molar refractivity (Wildman–Crippen MR) is 310 cm³/mol. The van der Waals surface area contributed by atoms with Crippen LogP contribution in [-0.2, 0) is 0 Å². The van der Waals surface area contributed by atoms with Gasteiger partial charge in [0.25, 0.3) is 0 Å². The van der Waals surface area contributed by atoms with Crippen molar-refractivity contribution in [3.05, 3.63) is 218 Å². The summed E-state index contributed by atoms with van der Waals surface area (Å²) in [4.78, 5) is 16.5. The molecule has 11 aromatic carbocycles. The molecule has 0 unspecified atom stereocenters. The van der Waals surface area contributed by atoms with E-state index in [1.165, 1.54) is 92.8 Å². The number of rotatable bonds is 5. The molecule has 0 radical (unpaired) electrons. The van der Waals surface area contributed by atoms with Gasteiger partial charge in [0.1, 0.15) is 0 Å². The summed E-state index contributed by atoms with van der Waals surface area (Å²) >= 11 is 5.47. The lowest BCUT2D eigenvalue weighted by Gasteiger charge is -2.17. The van der Waals surface area contributed by atoms with Crippen molar-refractivity contribution in [2.75, 3.05) is 0 Å². The molecule has 16 aromatic rings. The van der Waals surface area contributed by atoms with Crippen LogP contribution in [-0.4, -0.2) is 19.5 Å². The van der Waals surface area contributed by atoms with Crippen LogP contribution in [0.25, 0.3) is 155 Å². The van der Waals surface area contributed by atoms with Gasteiger partial charge in [0, 0.05) is 93.5 Å². The Kier molecular flexibility index (Phi) is 8.62. The molecule has 0 N–H and O–H groups in total. The van der Waals surface area contributed by atoms with E-state index in [-0.39, 0.29) is 0 Å². The maximum atomic E-state index is 5.52. The minimum atomic E-state index is 0.623. The first-order valence-corrected chi connectivity index (χ1v) is 26.6. The fraction of sp³-hybridized carbons (Fsp3) is 0. The Hall–Kier alpha value is -8.59. The summed E-state index contributed by atoms with van der Waals surface area (Å²) in [5.74, 6) is 1.93. The van der Waals surface area contributed by atoms with E-state index in [1.807, 2.05) is 34.0 Å². The van der Waals surface area contributed by atoms with E-state index in [0.717, 1.165) is 44.5 Å². The van der Waals surface area contributed by atoms with Crippen LogP contribution in [0.4, 0.5) is 0 Å². The average molecular weight is 969 g/mol. The molecule has 0 fully saturated rings. The molecule has 334 valence electrons. The van der Waals surface area contributed by atoms with Crippen molar-refractivity contribution in [1.29, 1.82) is 0 Å². The van der Waals surface area contributed by atoms with Gasteiger partial charge >= 0.3 is 0 Å². The number of fused-ring (bicyclic) bond motifs is 14. The van der Waals surface area contributed by atoms with Crippen molar-refractivity contribution in [2.45, 2.75) is 0 Å². The van der Waals surface area contributed by atoms with Gasteiger partial charge in [0.15, 0.2) is 17.5 Å². The van der Waals surface area contributed by atoms with Crippen molar-refractivity contribution in [3.63, 3.8) is 0 Å². The fourth-order valence-electron chi connectivity index (χ4n) is 11.3. The number of hydrogen-bond donors (Lipinski definition) is 0. The van der Waals surface area contributed by atoms with Gasteiger partial charge in [-0.1, -0.05) is 140 Å². The fourth-order valence-corrected chi connectivity index (χ4v) is 14.7. The predicted octanol–water partition coefficient (Wildman–Crippen LogP) is 19.0. The summed E-state index contributed by atoms with van der Waals surface area (Å²) in [6, 6.07) is 79.9. The molecule has 0 aliphatic rings. The number of benzene rings is 11. The second kappa shape index (κ2) is 15.5. The zero-order chi connectivity index (χ0) is 47.0. The molecule has 0 saturated heterocycles. The van der Waals surface area contributed by atoms with E-state index in [2.05, 4.69) is 223 Å². The highest BCUT2D eigenvalue weighted by Gasteiger charge is 2.23. The van der Waals surface area contributed by atoms with Gasteiger partial charge in [0.05, 0.1) is 16.7 Å².